The maximum absolute atomic E-state index is 13.5. The molecule has 204 valence electrons. The van der Waals surface area contributed by atoms with Crippen LogP contribution in [-0.4, -0.2) is 60.2 Å². The SMILES string of the molecule is CCNC(=O)CCc1cc(C(=O)CN2Cc3cc(OCC)c(C(=O)NC)cc3C2=N)cc(C(C)(C)C)c1O. The molecule has 0 spiro atoms. The summed E-state index contributed by atoms with van der Waals surface area (Å²) in [4.78, 5) is 39.6. The van der Waals surface area contributed by atoms with Crippen LogP contribution in [-0.2, 0) is 23.2 Å². The highest BCUT2D eigenvalue weighted by atomic mass is 16.5. The Morgan fingerprint density at radius 1 is 1.13 bits per heavy atom. The van der Waals surface area contributed by atoms with E-state index in [-0.39, 0.29) is 42.1 Å². The van der Waals surface area contributed by atoms with E-state index in [9.17, 15) is 19.5 Å². The number of aromatic hydroxyl groups is 1. The van der Waals surface area contributed by atoms with E-state index in [1.165, 1.54) is 7.05 Å². The van der Waals surface area contributed by atoms with Gasteiger partial charge in [-0.2, -0.15) is 0 Å². The van der Waals surface area contributed by atoms with E-state index >= 15 is 0 Å². The molecule has 0 bridgehead atoms. The van der Waals surface area contributed by atoms with Gasteiger partial charge < -0.3 is 25.4 Å². The van der Waals surface area contributed by atoms with Crippen molar-refractivity contribution in [2.24, 2.45) is 0 Å². The third-order valence-electron chi connectivity index (χ3n) is 6.56. The van der Waals surface area contributed by atoms with Crippen LogP contribution >= 0.6 is 0 Å². The number of hydrogen-bond donors (Lipinski definition) is 4. The summed E-state index contributed by atoms with van der Waals surface area (Å²) in [6, 6.07) is 6.76. The Labute approximate surface area is 224 Å². The molecule has 1 heterocycles. The van der Waals surface area contributed by atoms with E-state index < -0.39 is 5.41 Å². The van der Waals surface area contributed by atoms with Crippen LogP contribution < -0.4 is 15.4 Å². The maximum atomic E-state index is 13.5. The summed E-state index contributed by atoms with van der Waals surface area (Å²) < 4.78 is 5.66. The van der Waals surface area contributed by atoms with E-state index in [2.05, 4.69) is 10.6 Å². The summed E-state index contributed by atoms with van der Waals surface area (Å²) in [5, 5.41) is 25.0. The molecule has 2 amide bonds. The molecule has 1 aliphatic heterocycles. The van der Waals surface area contributed by atoms with E-state index in [1.807, 2.05) is 34.6 Å². The van der Waals surface area contributed by atoms with Crippen LogP contribution in [0.4, 0.5) is 0 Å². The molecule has 0 unspecified atom stereocenters. The van der Waals surface area contributed by atoms with Crippen molar-refractivity contribution in [3.05, 3.63) is 57.6 Å². The number of carbonyl (C=O) groups is 3. The number of carbonyl (C=O) groups excluding carboxylic acids is 3. The van der Waals surface area contributed by atoms with Gasteiger partial charge in [0.1, 0.15) is 17.3 Å². The number of ether oxygens (including phenoxy) is 1. The quantitative estimate of drug-likeness (QED) is 0.353. The van der Waals surface area contributed by atoms with Crippen LogP contribution in [0.25, 0.3) is 0 Å². The van der Waals surface area contributed by atoms with E-state index in [0.29, 0.717) is 59.7 Å². The molecule has 0 atom stereocenters. The number of phenols is 1. The lowest BCUT2D eigenvalue weighted by atomic mass is 9.83. The molecule has 1 aliphatic rings. The topological polar surface area (TPSA) is 132 Å². The molecule has 2 aromatic rings. The van der Waals surface area contributed by atoms with Crippen LogP contribution in [0.1, 0.15) is 84.0 Å². The minimum Gasteiger partial charge on any atom is -0.507 e. The first kappa shape index (κ1) is 28.7. The van der Waals surface area contributed by atoms with Gasteiger partial charge >= 0.3 is 0 Å². The van der Waals surface area contributed by atoms with Crippen molar-refractivity contribution in [2.45, 2.75) is 59.4 Å². The molecule has 0 radical (unpaired) electrons. The number of amides is 2. The molecular formula is C29H38N4O5. The number of nitrogens with zero attached hydrogens (tertiary/aromatic N) is 1. The highest BCUT2D eigenvalue weighted by molar-refractivity contribution is 6.07. The van der Waals surface area contributed by atoms with Crippen LogP contribution in [0.2, 0.25) is 0 Å². The molecule has 0 fully saturated rings. The van der Waals surface area contributed by atoms with E-state index in [0.717, 1.165) is 5.56 Å². The van der Waals surface area contributed by atoms with Crippen LogP contribution in [0.5, 0.6) is 11.5 Å². The van der Waals surface area contributed by atoms with Gasteiger partial charge in [0.25, 0.3) is 5.91 Å². The zero-order valence-corrected chi connectivity index (χ0v) is 23.1. The predicted molar refractivity (Wildman–Crippen MR) is 146 cm³/mol. The van der Waals surface area contributed by atoms with Crippen LogP contribution in [0.15, 0.2) is 24.3 Å². The first-order valence-electron chi connectivity index (χ1n) is 12.9. The third kappa shape index (κ3) is 6.15. The molecular weight excluding hydrogens is 484 g/mol. The van der Waals surface area contributed by atoms with Gasteiger partial charge in [-0.3, -0.25) is 19.8 Å². The Kier molecular flexibility index (Phi) is 8.81. The fourth-order valence-corrected chi connectivity index (χ4v) is 4.57. The summed E-state index contributed by atoms with van der Waals surface area (Å²) in [6.45, 7) is 10.8. The summed E-state index contributed by atoms with van der Waals surface area (Å²) >= 11 is 0. The number of phenolic OH excluding ortho intramolecular Hbond substituents is 1. The van der Waals surface area contributed by atoms with Crippen LogP contribution in [0, 0.1) is 5.41 Å². The van der Waals surface area contributed by atoms with Crippen molar-refractivity contribution < 1.29 is 24.2 Å². The number of benzene rings is 2. The average Bonchev–Trinajstić information content (AvgIpc) is 3.15. The summed E-state index contributed by atoms with van der Waals surface area (Å²) in [6.07, 6.45) is 0.500. The lowest BCUT2D eigenvalue weighted by Crippen LogP contribution is -2.30. The molecule has 38 heavy (non-hydrogen) atoms. The van der Waals surface area contributed by atoms with Gasteiger partial charge in [-0.05, 0) is 61.1 Å². The second-order valence-corrected chi connectivity index (χ2v) is 10.4. The zero-order chi connectivity index (χ0) is 28.2. The standard InChI is InChI=1S/C29H38N4O5/c1-7-32-25(35)10-9-17-11-18(12-22(26(17)36)29(3,4)5)23(34)16-33-15-19-13-24(38-8-2)21(28(37)31-6)14-20(19)27(33)30/h11-14,30,36H,7-10,15-16H2,1-6H3,(H,31,37)(H,32,35). The predicted octanol–water partition coefficient (Wildman–Crippen LogP) is 3.54. The number of aryl methyl sites for hydroxylation is 1. The van der Waals surface area contributed by atoms with Gasteiger partial charge in [0, 0.05) is 43.2 Å². The number of amidine groups is 1. The van der Waals surface area contributed by atoms with Crippen molar-refractivity contribution in [3.63, 3.8) is 0 Å². The Bertz CT molecular complexity index is 1260. The van der Waals surface area contributed by atoms with Gasteiger partial charge in [0.15, 0.2) is 5.78 Å². The third-order valence-corrected chi connectivity index (χ3v) is 6.56. The highest BCUT2D eigenvalue weighted by Crippen LogP contribution is 2.36. The van der Waals surface area contributed by atoms with E-state index in [1.54, 1.807) is 29.2 Å². The fraction of sp³-hybridized carbons (Fsp3) is 0.448. The number of rotatable bonds is 10. The average molecular weight is 523 g/mol. The smallest absolute Gasteiger partial charge is 0.254 e. The summed E-state index contributed by atoms with van der Waals surface area (Å²) in [5.74, 6) is 0.0718. The summed E-state index contributed by atoms with van der Waals surface area (Å²) in [5.41, 5.74) is 2.91. The molecule has 9 heteroatoms. The Balaban J connectivity index is 1.89. The first-order chi connectivity index (χ1) is 17.9. The lowest BCUT2D eigenvalue weighted by Gasteiger charge is -2.24. The second kappa shape index (κ2) is 11.7. The molecule has 0 aromatic heterocycles. The van der Waals surface area contributed by atoms with Crippen molar-refractivity contribution in [2.75, 3.05) is 26.7 Å². The molecule has 9 nitrogen and oxygen atoms in total. The van der Waals surface area contributed by atoms with Crippen molar-refractivity contribution in [1.29, 1.82) is 5.41 Å². The number of fused-ring (bicyclic) bond motifs is 1. The van der Waals surface area contributed by atoms with Gasteiger partial charge in [0.2, 0.25) is 5.91 Å². The number of nitrogens with one attached hydrogen (secondary N) is 3. The van der Waals surface area contributed by atoms with Gasteiger partial charge in [-0.15, -0.1) is 0 Å². The number of Topliss-reactive ketones (excluding diaryl/α,β-unsaturated/α-hetero) is 1. The zero-order valence-electron chi connectivity index (χ0n) is 23.1. The molecule has 4 N–H and O–H groups in total. The Hall–Kier alpha value is -3.88. The maximum Gasteiger partial charge on any atom is 0.254 e. The van der Waals surface area contributed by atoms with Crippen LogP contribution in [0.3, 0.4) is 0 Å². The molecule has 2 aromatic carbocycles. The molecule has 0 aliphatic carbocycles. The molecule has 3 rings (SSSR count). The number of hydrogen-bond acceptors (Lipinski definition) is 6. The van der Waals surface area contributed by atoms with Gasteiger partial charge in [-0.25, -0.2) is 0 Å². The largest absolute Gasteiger partial charge is 0.507 e. The minimum atomic E-state index is -0.427. The van der Waals surface area contributed by atoms with Crippen molar-refractivity contribution in [1.82, 2.24) is 15.5 Å². The monoisotopic (exact) mass is 522 g/mol. The normalized spacial score (nSPS) is 12.8. The second-order valence-electron chi connectivity index (χ2n) is 10.4. The lowest BCUT2D eigenvalue weighted by molar-refractivity contribution is -0.120. The fourth-order valence-electron chi connectivity index (χ4n) is 4.57. The van der Waals surface area contributed by atoms with Crippen molar-refractivity contribution in [3.8, 4) is 11.5 Å². The minimum absolute atomic E-state index is 0.0447. The summed E-state index contributed by atoms with van der Waals surface area (Å²) in [7, 11) is 1.54. The number of ketones is 1. The van der Waals surface area contributed by atoms with Gasteiger partial charge in [-0.1, -0.05) is 20.8 Å². The Morgan fingerprint density at radius 2 is 1.84 bits per heavy atom. The van der Waals surface area contributed by atoms with E-state index in [4.69, 9.17) is 10.1 Å². The highest BCUT2D eigenvalue weighted by Gasteiger charge is 2.30. The Morgan fingerprint density at radius 3 is 2.45 bits per heavy atom. The van der Waals surface area contributed by atoms with Gasteiger partial charge in [0.05, 0.1) is 18.7 Å². The van der Waals surface area contributed by atoms with Crippen molar-refractivity contribution >= 4 is 23.4 Å². The first-order valence-corrected chi connectivity index (χ1v) is 12.9. The molecule has 0 saturated heterocycles. The molecule has 0 saturated carbocycles.